The van der Waals surface area contributed by atoms with Crippen molar-refractivity contribution in [2.24, 2.45) is 0 Å². The van der Waals surface area contributed by atoms with Gasteiger partial charge < -0.3 is 14.2 Å². The van der Waals surface area contributed by atoms with E-state index in [2.05, 4.69) is 44.9 Å². The molecule has 1 N–H and O–H groups in total. The second-order valence-electron chi connectivity index (χ2n) is 7.52. The molecule has 2 aromatic carbocycles. The highest BCUT2D eigenvalue weighted by atomic mass is 16.3. The van der Waals surface area contributed by atoms with Gasteiger partial charge in [-0.3, -0.25) is 4.79 Å². The van der Waals surface area contributed by atoms with Gasteiger partial charge in [-0.1, -0.05) is 48.5 Å². The summed E-state index contributed by atoms with van der Waals surface area (Å²) in [6.07, 6.45) is 6.61. The summed E-state index contributed by atoms with van der Waals surface area (Å²) in [5, 5.41) is 9.06. The Kier molecular flexibility index (Phi) is 4.77. The molecule has 0 saturated carbocycles. The van der Waals surface area contributed by atoms with Crippen LogP contribution in [-0.4, -0.2) is 30.5 Å². The van der Waals surface area contributed by atoms with Crippen molar-refractivity contribution in [3.8, 4) is 22.8 Å². The van der Waals surface area contributed by atoms with Crippen molar-refractivity contribution in [2.45, 2.75) is 32.5 Å². The van der Waals surface area contributed by atoms with Crippen molar-refractivity contribution >= 4 is 6.29 Å². The van der Waals surface area contributed by atoms with Crippen LogP contribution in [-0.2, 0) is 32.5 Å². The van der Waals surface area contributed by atoms with Crippen LogP contribution in [0, 0.1) is 0 Å². The van der Waals surface area contributed by atoms with E-state index in [1.165, 1.54) is 16.7 Å². The Morgan fingerprint density at radius 3 is 2.00 bits per heavy atom. The van der Waals surface area contributed by atoms with Gasteiger partial charge in [0.1, 0.15) is 17.3 Å². The minimum absolute atomic E-state index is 0.0160. The molecule has 0 unspecified atom stereocenters. The number of aryl methyl sites for hydroxylation is 4. The molecule has 0 saturated heterocycles. The first-order valence-corrected chi connectivity index (χ1v) is 10.1. The zero-order valence-electron chi connectivity index (χ0n) is 16.5. The summed E-state index contributed by atoms with van der Waals surface area (Å²) in [7, 11) is 0. The molecule has 0 aliphatic carbocycles. The number of aliphatic hydroxyl groups excluding tert-OH is 1. The van der Waals surface area contributed by atoms with Gasteiger partial charge in [-0.15, -0.1) is 0 Å². The lowest BCUT2D eigenvalue weighted by molar-refractivity contribution is 0.111. The molecule has 4 heterocycles. The molecule has 4 aromatic rings. The van der Waals surface area contributed by atoms with Gasteiger partial charge in [-0.2, -0.15) is 0 Å². The van der Waals surface area contributed by atoms with Crippen LogP contribution in [0.5, 0.6) is 0 Å². The first-order chi connectivity index (χ1) is 14.8. The summed E-state index contributed by atoms with van der Waals surface area (Å²) in [6, 6.07) is 16.5. The monoisotopic (exact) mass is 398 g/mol. The Hall–Kier alpha value is -3.51. The topological polar surface area (TPSA) is 72.9 Å². The third-order valence-electron chi connectivity index (χ3n) is 5.66. The standard InChI is InChI=1S/C12H12N2O.C12H10N2O/c2*15-8-10-7-14-6-5-9-3-1-2-4-11(9)12(14)13-10/h1-4,7,15H,5-6,8H2;1-4,7-8H,5-6H2. The number of carbonyl (C=O) groups excluding carboxylic acids is 1. The maximum absolute atomic E-state index is 10.7. The molecule has 2 aromatic heterocycles. The van der Waals surface area contributed by atoms with E-state index in [0.29, 0.717) is 5.69 Å². The first-order valence-electron chi connectivity index (χ1n) is 10.1. The van der Waals surface area contributed by atoms with Crippen molar-refractivity contribution in [1.29, 1.82) is 0 Å². The summed E-state index contributed by atoms with van der Waals surface area (Å²) < 4.78 is 4.17. The van der Waals surface area contributed by atoms with Gasteiger partial charge in [0.25, 0.3) is 0 Å². The number of hydrogen-bond donors (Lipinski definition) is 1. The summed E-state index contributed by atoms with van der Waals surface area (Å²) >= 11 is 0. The number of benzene rings is 2. The van der Waals surface area contributed by atoms with Crippen molar-refractivity contribution in [3.63, 3.8) is 0 Å². The van der Waals surface area contributed by atoms with Gasteiger partial charge in [-0.25, -0.2) is 9.97 Å². The average Bonchev–Trinajstić information content (AvgIpc) is 3.43. The molecule has 2 aliphatic heterocycles. The van der Waals surface area contributed by atoms with Gasteiger partial charge in [-0.05, 0) is 24.0 Å². The zero-order chi connectivity index (χ0) is 20.5. The van der Waals surface area contributed by atoms with Crippen LogP contribution in [0.2, 0.25) is 0 Å². The van der Waals surface area contributed by atoms with Gasteiger partial charge in [0, 0.05) is 36.6 Å². The molecule has 6 rings (SSSR count). The van der Waals surface area contributed by atoms with Crippen LogP contribution in [0.15, 0.2) is 60.9 Å². The van der Waals surface area contributed by atoms with Crippen LogP contribution in [0.1, 0.15) is 27.3 Å². The summed E-state index contributed by atoms with van der Waals surface area (Å²) in [5.74, 6) is 1.90. The Balaban J connectivity index is 0.000000128. The van der Waals surface area contributed by atoms with E-state index in [1.807, 2.05) is 35.2 Å². The fourth-order valence-electron chi connectivity index (χ4n) is 4.20. The van der Waals surface area contributed by atoms with Crippen LogP contribution in [0.25, 0.3) is 22.8 Å². The minimum atomic E-state index is 0.0160. The van der Waals surface area contributed by atoms with Crippen molar-refractivity contribution in [1.82, 2.24) is 19.1 Å². The molecule has 30 heavy (non-hydrogen) atoms. The number of aliphatic hydroxyl groups is 1. The number of carbonyl (C=O) groups is 1. The molecular weight excluding hydrogens is 376 g/mol. The van der Waals surface area contributed by atoms with E-state index in [0.717, 1.165) is 55.1 Å². The third kappa shape index (κ3) is 3.25. The molecule has 0 fully saturated rings. The average molecular weight is 398 g/mol. The smallest absolute Gasteiger partial charge is 0.170 e. The first kappa shape index (κ1) is 18.5. The highest BCUT2D eigenvalue weighted by molar-refractivity contribution is 5.74. The van der Waals surface area contributed by atoms with Crippen LogP contribution in [0.3, 0.4) is 0 Å². The molecule has 6 nitrogen and oxygen atoms in total. The van der Waals surface area contributed by atoms with Crippen molar-refractivity contribution in [2.75, 3.05) is 0 Å². The van der Waals surface area contributed by atoms with Crippen LogP contribution >= 0.6 is 0 Å². The zero-order valence-corrected chi connectivity index (χ0v) is 16.5. The molecule has 0 amide bonds. The van der Waals surface area contributed by atoms with Crippen LogP contribution in [0.4, 0.5) is 0 Å². The number of fused-ring (bicyclic) bond motifs is 6. The van der Waals surface area contributed by atoms with E-state index in [-0.39, 0.29) is 6.61 Å². The predicted molar refractivity (Wildman–Crippen MR) is 114 cm³/mol. The van der Waals surface area contributed by atoms with Gasteiger partial charge in [0.15, 0.2) is 6.29 Å². The summed E-state index contributed by atoms with van der Waals surface area (Å²) in [5.41, 5.74) is 6.27. The molecule has 0 radical (unpaired) electrons. The van der Waals surface area contributed by atoms with E-state index >= 15 is 0 Å². The summed E-state index contributed by atoms with van der Waals surface area (Å²) in [6.45, 7) is 1.88. The van der Waals surface area contributed by atoms with Gasteiger partial charge >= 0.3 is 0 Å². The molecule has 0 atom stereocenters. The molecule has 6 heteroatoms. The van der Waals surface area contributed by atoms with Crippen molar-refractivity contribution < 1.29 is 9.90 Å². The largest absolute Gasteiger partial charge is 0.390 e. The number of aromatic nitrogens is 4. The number of imidazole rings is 2. The number of nitrogens with zero attached hydrogens (tertiary/aromatic N) is 4. The second-order valence-corrected chi connectivity index (χ2v) is 7.52. The molecule has 2 aliphatic rings. The van der Waals surface area contributed by atoms with Crippen molar-refractivity contribution in [3.05, 3.63) is 83.4 Å². The molecule has 150 valence electrons. The lowest BCUT2D eigenvalue weighted by atomic mass is 10.0. The maximum Gasteiger partial charge on any atom is 0.170 e. The normalized spacial score (nSPS) is 13.2. The Morgan fingerprint density at radius 2 is 1.40 bits per heavy atom. The maximum atomic E-state index is 10.7. The summed E-state index contributed by atoms with van der Waals surface area (Å²) in [4.78, 5) is 19.4. The van der Waals surface area contributed by atoms with Crippen LogP contribution < -0.4 is 0 Å². The molecule has 0 spiro atoms. The molecule has 0 bridgehead atoms. The Bertz CT molecular complexity index is 1220. The predicted octanol–water partition coefficient (Wildman–Crippen LogP) is 3.52. The molecular formula is C24H22N4O2. The SMILES string of the molecule is O=Cc1cn2c(n1)-c1ccccc1CC2.OCc1cn2c(n1)-c1ccccc1CC2. The lowest BCUT2D eigenvalue weighted by Gasteiger charge is -2.17. The fourth-order valence-corrected chi connectivity index (χ4v) is 4.20. The van der Waals surface area contributed by atoms with Gasteiger partial charge in [0.2, 0.25) is 0 Å². The number of rotatable bonds is 2. The van der Waals surface area contributed by atoms with Gasteiger partial charge in [0.05, 0.1) is 12.3 Å². The second kappa shape index (κ2) is 7.72. The highest BCUT2D eigenvalue weighted by Crippen LogP contribution is 2.29. The third-order valence-corrected chi connectivity index (χ3v) is 5.66. The number of aldehydes is 1. The number of hydrogen-bond acceptors (Lipinski definition) is 4. The van der Waals surface area contributed by atoms with E-state index in [9.17, 15) is 4.79 Å². The highest BCUT2D eigenvalue weighted by Gasteiger charge is 2.18. The fraction of sp³-hybridized carbons (Fsp3) is 0.208. The quantitative estimate of drug-likeness (QED) is 0.525. The Morgan fingerprint density at radius 1 is 0.833 bits per heavy atom. The van der Waals surface area contributed by atoms with E-state index in [1.54, 1.807) is 0 Å². The lowest BCUT2D eigenvalue weighted by Crippen LogP contribution is -2.09. The van der Waals surface area contributed by atoms with E-state index in [4.69, 9.17) is 5.11 Å². The minimum Gasteiger partial charge on any atom is -0.390 e. The van der Waals surface area contributed by atoms with E-state index < -0.39 is 0 Å². The Labute approximate surface area is 174 Å².